The summed E-state index contributed by atoms with van der Waals surface area (Å²) in [6, 6.07) is 1.09. The summed E-state index contributed by atoms with van der Waals surface area (Å²) in [5.74, 6) is 0.995. The van der Waals surface area contributed by atoms with Crippen molar-refractivity contribution in [3.8, 4) is 0 Å². The van der Waals surface area contributed by atoms with Gasteiger partial charge in [0.1, 0.15) is 0 Å². The van der Waals surface area contributed by atoms with E-state index in [9.17, 15) is 0 Å². The molecule has 4 bridgehead atoms. The molecule has 4 fully saturated rings. The second-order valence-corrected chi connectivity index (χ2v) is 16.9. The fourth-order valence-electron chi connectivity index (χ4n) is 6.45. The van der Waals surface area contributed by atoms with Crippen LogP contribution in [0.1, 0.15) is 58.8 Å². The molecular formula is C15H26Cl2Si. The largest absolute Gasteiger partial charge is 0.248 e. The molecule has 0 N–H and O–H groups in total. The Morgan fingerprint density at radius 2 is 1.56 bits per heavy atom. The molecule has 0 heterocycles. The van der Waals surface area contributed by atoms with Crippen LogP contribution in [0.15, 0.2) is 0 Å². The first-order chi connectivity index (χ1) is 8.11. The molecule has 0 nitrogen and oxygen atoms in total. The van der Waals surface area contributed by atoms with Gasteiger partial charge in [0.15, 0.2) is 0 Å². The van der Waals surface area contributed by atoms with Gasteiger partial charge in [0.05, 0.1) is 0 Å². The first-order valence-corrected chi connectivity index (χ1v) is 12.2. The lowest BCUT2D eigenvalue weighted by Crippen LogP contribution is -2.55. The van der Waals surface area contributed by atoms with Crippen molar-refractivity contribution in [1.29, 1.82) is 0 Å². The van der Waals surface area contributed by atoms with E-state index in [1.165, 1.54) is 44.9 Å². The van der Waals surface area contributed by atoms with Crippen LogP contribution in [-0.4, -0.2) is 6.69 Å². The highest BCUT2D eigenvalue weighted by Crippen LogP contribution is 2.70. The number of rotatable bonds is 3. The molecule has 104 valence electrons. The average molecular weight is 305 g/mol. The Morgan fingerprint density at radius 3 is 2.00 bits per heavy atom. The van der Waals surface area contributed by atoms with Gasteiger partial charge in [-0.25, -0.2) is 0 Å². The molecular weight excluding hydrogens is 279 g/mol. The number of halogens is 2. The molecule has 0 aromatic heterocycles. The summed E-state index contributed by atoms with van der Waals surface area (Å²) < 4.78 is 0. The van der Waals surface area contributed by atoms with Gasteiger partial charge in [0.25, 0.3) is 0 Å². The van der Waals surface area contributed by atoms with Gasteiger partial charge < -0.3 is 0 Å². The van der Waals surface area contributed by atoms with Crippen molar-refractivity contribution in [1.82, 2.24) is 0 Å². The van der Waals surface area contributed by atoms with Crippen LogP contribution in [0.4, 0.5) is 0 Å². The zero-order valence-electron chi connectivity index (χ0n) is 12.0. The summed E-state index contributed by atoms with van der Waals surface area (Å²) in [6.07, 6.45) is 10.1. The van der Waals surface area contributed by atoms with Crippen LogP contribution in [-0.2, 0) is 0 Å². The van der Waals surface area contributed by atoms with Crippen molar-refractivity contribution in [2.45, 2.75) is 71.4 Å². The van der Waals surface area contributed by atoms with Crippen LogP contribution in [0.5, 0.6) is 0 Å². The van der Waals surface area contributed by atoms with Crippen LogP contribution >= 0.6 is 22.2 Å². The van der Waals surface area contributed by atoms with Crippen molar-refractivity contribution in [3.05, 3.63) is 0 Å². The van der Waals surface area contributed by atoms with Crippen molar-refractivity contribution < 1.29 is 0 Å². The number of hydrogen-bond donors (Lipinski definition) is 0. The Kier molecular flexibility index (Phi) is 3.00. The smallest absolute Gasteiger partial charge is 0.146 e. The minimum atomic E-state index is -1.91. The highest BCUT2D eigenvalue weighted by Gasteiger charge is 2.59. The molecule has 0 aromatic rings. The first kappa shape index (κ1) is 13.8. The fraction of sp³-hybridized carbons (Fsp3) is 1.00. The van der Waals surface area contributed by atoms with E-state index in [1.807, 2.05) is 0 Å². The van der Waals surface area contributed by atoms with Crippen LogP contribution < -0.4 is 0 Å². The first-order valence-electron chi connectivity index (χ1n) is 7.49. The van der Waals surface area contributed by atoms with E-state index >= 15 is 0 Å². The quantitative estimate of drug-likeness (QED) is 0.448. The lowest BCUT2D eigenvalue weighted by molar-refractivity contribution is -0.145. The predicted octanol–water partition coefficient (Wildman–Crippen LogP) is 5.92. The molecule has 4 saturated carbocycles. The third-order valence-electron chi connectivity index (χ3n) is 5.84. The molecule has 2 unspecified atom stereocenters. The number of hydrogen-bond acceptors (Lipinski definition) is 0. The van der Waals surface area contributed by atoms with Crippen LogP contribution in [0, 0.1) is 22.2 Å². The van der Waals surface area contributed by atoms with Crippen molar-refractivity contribution in [2.24, 2.45) is 22.2 Å². The Morgan fingerprint density at radius 1 is 1.00 bits per heavy atom. The van der Waals surface area contributed by atoms with Gasteiger partial charge in [-0.1, -0.05) is 13.8 Å². The summed E-state index contributed by atoms with van der Waals surface area (Å²) in [7, 11) is 0. The maximum atomic E-state index is 6.35. The normalized spacial score (nSPS) is 50.8. The summed E-state index contributed by atoms with van der Waals surface area (Å²) in [5, 5.41) is 0. The van der Waals surface area contributed by atoms with Gasteiger partial charge in [-0.2, -0.15) is 0 Å². The molecule has 4 aliphatic carbocycles. The molecule has 4 rings (SSSR count). The minimum Gasteiger partial charge on any atom is -0.146 e. The van der Waals surface area contributed by atoms with E-state index in [-0.39, 0.29) is 0 Å². The molecule has 0 amide bonds. The Labute approximate surface area is 122 Å². The monoisotopic (exact) mass is 304 g/mol. The molecule has 18 heavy (non-hydrogen) atoms. The summed E-state index contributed by atoms with van der Waals surface area (Å²) in [4.78, 5) is 0. The standard InChI is InChI=1S/C15H26Cl2Si/c1-13-6-12-7-14(2,9-13)11-15(8-12,10-13)4-5-18(3,16)17/h12H,4-11H2,1-3H3. The van der Waals surface area contributed by atoms with E-state index < -0.39 is 6.69 Å². The second kappa shape index (κ2) is 3.92. The molecule has 0 aromatic carbocycles. The maximum Gasteiger partial charge on any atom is 0.248 e. The minimum absolute atomic E-state index is 0.598. The van der Waals surface area contributed by atoms with E-state index in [0.29, 0.717) is 16.2 Å². The van der Waals surface area contributed by atoms with E-state index in [1.54, 1.807) is 0 Å². The van der Waals surface area contributed by atoms with Gasteiger partial charge in [-0.05, 0) is 79.7 Å². The predicted molar refractivity (Wildman–Crippen MR) is 82.6 cm³/mol. The molecule has 2 atom stereocenters. The lowest BCUT2D eigenvalue weighted by atomic mass is 9.40. The molecule has 0 saturated heterocycles. The van der Waals surface area contributed by atoms with Gasteiger partial charge in [-0.3, -0.25) is 0 Å². The second-order valence-electron chi connectivity index (χ2n) is 8.70. The average Bonchev–Trinajstić information content (AvgIpc) is 2.07. The Balaban J connectivity index is 1.81. The highest BCUT2D eigenvalue weighted by atomic mass is 35.7. The fourth-order valence-corrected chi connectivity index (χ4v) is 7.98. The molecule has 3 heteroatoms. The SMILES string of the molecule is CC12CC3CC(C)(C1)CC(CC[Si](C)(Cl)Cl)(C3)C2. The van der Waals surface area contributed by atoms with Crippen molar-refractivity contribution in [2.75, 3.05) is 0 Å². The van der Waals surface area contributed by atoms with Gasteiger partial charge in [-0.15, -0.1) is 22.2 Å². The van der Waals surface area contributed by atoms with E-state index in [2.05, 4.69) is 20.4 Å². The van der Waals surface area contributed by atoms with Crippen LogP contribution in [0.25, 0.3) is 0 Å². The zero-order valence-corrected chi connectivity index (χ0v) is 14.5. The highest BCUT2D eigenvalue weighted by molar-refractivity contribution is 7.44. The summed E-state index contributed by atoms with van der Waals surface area (Å²) in [6.45, 7) is 5.26. The van der Waals surface area contributed by atoms with E-state index in [4.69, 9.17) is 22.2 Å². The van der Waals surface area contributed by atoms with Crippen molar-refractivity contribution >= 4 is 28.9 Å². The Bertz CT molecular complexity index is 342. The molecule has 4 aliphatic rings. The van der Waals surface area contributed by atoms with Gasteiger partial charge in [0, 0.05) is 0 Å². The molecule has 0 radical (unpaired) electrons. The third kappa shape index (κ3) is 2.52. The topological polar surface area (TPSA) is 0 Å². The summed E-state index contributed by atoms with van der Waals surface area (Å²) in [5.41, 5.74) is 1.86. The van der Waals surface area contributed by atoms with Crippen LogP contribution in [0.3, 0.4) is 0 Å². The Hall–Kier alpha value is 0.797. The van der Waals surface area contributed by atoms with Crippen LogP contribution in [0.2, 0.25) is 12.6 Å². The van der Waals surface area contributed by atoms with Gasteiger partial charge >= 0.3 is 0 Å². The van der Waals surface area contributed by atoms with Crippen molar-refractivity contribution in [3.63, 3.8) is 0 Å². The molecule has 0 aliphatic heterocycles. The summed E-state index contributed by atoms with van der Waals surface area (Å²) >= 11 is 12.7. The van der Waals surface area contributed by atoms with Gasteiger partial charge in [0.2, 0.25) is 6.69 Å². The molecule has 0 spiro atoms. The third-order valence-corrected chi connectivity index (χ3v) is 8.10. The maximum absolute atomic E-state index is 6.35. The lowest BCUT2D eigenvalue weighted by Gasteiger charge is -2.66. The zero-order chi connectivity index (χ0) is 13.2. The van der Waals surface area contributed by atoms with E-state index in [0.717, 1.165) is 12.0 Å².